The molecular weight excluding hydrogens is 167 g/mol. The lowest BCUT2D eigenvalue weighted by Crippen LogP contribution is -2.26. The van der Waals surface area contributed by atoms with Crippen molar-refractivity contribution < 1.29 is 13.2 Å². The molecule has 1 nitrogen and oxygen atoms in total. The van der Waals surface area contributed by atoms with Crippen molar-refractivity contribution in [3.63, 3.8) is 0 Å². The van der Waals surface area contributed by atoms with E-state index in [9.17, 15) is 13.2 Å². The van der Waals surface area contributed by atoms with Crippen LogP contribution in [0.25, 0.3) is 0 Å². The maximum atomic E-state index is 12.2. The van der Waals surface area contributed by atoms with Gasteiger partial charge in [0.1, 0.15) is 0 Å². The molecule has 1 saturated heterocycles. The van der Waals surface area contributed by atoms with E-state index in [-0.39, 0.29) is 24.9 Å². The van der Waals surface area contributed by atoms with Crippen molar-refractivity contribution in [3.8, 4) is 0 Å². The standard InChI is InChI=1S/C8H14F3N/c1-5(2)7-3-6(4-12-7)8(9,10)11/h5-7,12H,3-4H2,1-2H3/t6-,7+/m0/s1. The second kappa shape index (κ2) is 3.24. The number of hydrogen-bond acceptors (Lipinski definition) is 1. The second-order valence-electron chi connectivity index (χ2n) is 3.73. The van der Waals surface area contributed by atoms with Crippen molar-refractivity contribution in [2.45, 2.75) is 32.5 Å². The fourth-order valence-corrected chi connectivity index (χ4v) is 1.52. The van der Waals surface area contributed by atoms with Crippen LogP contribution in [0.15, 0.2) is 0 Å². The summed E-state index contributed by atoms with van der Waals surface area (Å²) in [4.78, 5) is 0. The second-order valence-corrected chi connectivity index (χ2v) is 3.73. The molecule has 0 aromatic rings. The van der Waals surface area contributed by atoms with E-state index < -0.39 is 12.1 Å². The lowest BCUT2D eigenvalue weighted by molar-refractivity contribution is -0.169. The van der Waals surface area contributed by atoms with Gasteiger partial charge in [-0.15, -0.1) is 0 Å². The van der Waals surface area contributed by atoms with Gasteiger partial charge in [0.2, 0.25) is 0 Å². The molecular formula is C8H14F3N. The minimum atomic E-state index is -4.02. The molecule has 2 atom stereocenters. The summed E-state index contributed by atoms with van der Waals surface area (Å²) in [6.45, 7) is 3.97. The first kappa shape index (κ1) is 9.84. The quantitative estimate of drug-likeness (QED) is 0.653. The third-order valence-corrected chi connectivity index (χ3v) is 2.43. The van der Waals surface area contributed by atoms with Gasteiger partial charge in [-0.3, -0.25) is 0 Å². The molecule has 0 unspecified atom stereocenters. The highest BCUT2D eigenvalue weighted by Crippen LogP contribution is 2.33. The molecule has 12 heavy (non-hydrogen) atoms. The minimum Gasteiger partial charge on any atom is -0.313 e. The SMILES string of the molecule is CC(C)[C@H]1C[C@H](C(F)(F)F)CN1. The molecule has 1 fully saturated rings. The van der Waals surface area contributed by atoms with Gasteiger partial charge < -0.3 is 5.32 Å². The molecule has 1 rings (SSSR count). The Labute approximate surface area is 70.3 Å². The molecule has 4 heteroatoms. The van der Waals surface area contributed by atoms with E-state index in [0.29, 0.717) is 0 Å². The summed E-state index contributed by atoms with van der Waals surface area (Å²) >= 11 is 0. The zero-order valence-corrected chi connectivity index (χ0v) is 7.28. The van der Waals surface area contributed by atoms with Crippen LogP contribution >= 0.6 is 0 Å². The van der Waals surface area contributed by atoms with Crippen molar-refractivity contribution in [2.75, 3.05) is 6.54 Å². The number of halogens is 3. The van der Waals surface area contributed by atoms with Crippen LogP contribution < -0.4 is 5.32 Å². The molecule has 0 aliphatic carbocycles. The Morgan fingerprint density at radius 3 is 2.17 bits per heavy atom. The largest absolute Gasteiger partial charge is 0.393 e. The van der Waals surface area contributed by atoms with E-state index >= 15 is 0 Å². The van der Waals surface area contributed by atoms with E-state index in [1.165, 1.54) is 0 Å². The van der Waals surface area contributed by atoms with Crippen LogP contribution in [0.3, 0.4) is 0 Å². The van der Waals surface area contributed by atoms with E-state index in [2.05, 4.69) is 5.32 Å². The van der Waals surface area contributed by atoms with E-state index in [1.807, 2.05) is 13.8 Å². The predicted molar refractivity (Wildman–Crippen MR) is 40.8 cm³/mol. The summed E-state index contributed by atoms with van der Waals surface area (Å²) in [6, 6.07) is 0.0385. The number of nitrogens with one attached hydrogen (secondary N) is 1. The summed E-state index contributed by atoms with van der Waals surface area (Å²) in [5.74, 6) is -0.845. The molecule has 1 N–H and O–H groups in total. The van der Waals surface area contributed by atoms with Crippen LogP contribution in [0.2, 0.25) is 0 Å². The molecule has 0 amide bonds. The molecule has 1 aliphatic rings. The first-order chi connectivity index (χ1) is 5.41. The summed E-state index contributed by atoms with van der Waals surface area (Å²) in [6.07, 6.45) is -3.78. The van der Waals surface area contributed by atoms with Crippen LogP contribution in [0.5, 0.6) is 0 Å². The van der Waals surface area contributed by atoms with Gasteiger partial charge in [0.05, 0.1) is 5.92 Å². The smallest absolute Gasteiger partial charge is 0.313 e. The first-order valence-corrected chi connectivity index (χ1v) is 4.21. The normalized spacial score (nSPS) is 31.5. The van der Waals surface area contributed by atoms with Gasteiger partial charge in [-0.2, -0.15) is 13.2 Å². The fraction of sp³-hybridized carbons (Fsp3) is 1.00. The predicted octanol–water partition coefficient (Wildman–Crippen LogP) is 2.18. The van der Waals surface area contributed by atoms with Gasteiger partial charge in [-0.05, 0) is 12.3 Å². The number of alkyl halides is 3. The van der Waals surface area contributed by atoms with Gasteiger partial charge in [-0.25, -0.2) is 0 Å². The van der Waals surface area contributed by atoms with E-state index in [4.69, 9.17) is 0 Å². The van der Waals surface area contributed by atoms with Crippen molar-refractivity contribution in [2.24, 2.45) is 11.8 Å². The molecule has 72 valence electrons. The van der Waals surface area contributed by atoms with Gasteiger partial charge in [0, 0.05) is 12.6 Å². The van der Waals surface area contributed by atoms with E-state index in [0.717, 1.165) is 0 Å². The van der Waals surface area contributed by atoms with Crippen LogP contribution in [0.4, 0.5) is 13.2 Å². The Hall–Kier alpha value is -0.250. The zero-order chi connectivity index (χ0) is 9.35. The summed E-state index contributed by atoms with van der Waals surface area (Å²) in [7, 11) is 0. The van der Waals surface area contributed by atoms with Crippen LogP contribution in [0, 0.1) is 11.8 Å². The van der Waals surface area contributed by atoms with Gasteiger partial charge in [-0.1, -0.05) is 13.8 Å². The maximum Gasteiger partial charge on any atom is 0.393 e. The van der Waals surface area contributed by atoms with Crippen LogP contribution in [0.1, 0.15) is 20.3 Å². The molecule has 0 aromatic heterocycles. The average molecular weight is 181 g/mol. The highest BCUT2D eigenvalue weighted by molar-refractivity contribution is 4.86. The molecule has 0 saturated carbocycles. The van der Waals surface area contributed by atoms with Crippen LogP contribution in [-0.4, -0.2) is 18.8 Å². The molecule has 1 heterocycles. The third kappa shape index (κ3) is 2.12. The highest BCUT2D eigenvalue weighted by Gasteiger charge is 2.44. The first-order valence-electron chi connectivity index (χ1n) is 4.21. The Bertz CT molecular complexity index is 153. The van der Waals surface area contributed by atoms with Gasteiger partial charge >= 0.3 is 6.18 Å². The Morgan fingerprint density at radius 2 is 1.92 bits per heavy atom. The van der Waals surface area contributed by atoms with Crippen molar-refractivity contribution >= 4 is 0 Å². The topological polar surface area (TPSA) is 12.0 Å². The maximum absolute atomic E-state index is 12.2. The van der Waals surface area contributed by atoms with Gasteiger partial charge in [0.15, 0.2) is 0 Å². The molecule has 0 spiro atoms. The van der Waals surface area contributed by atoms with Crippen molar-refractivity contribution in [1.29, 1.82) is 0 Å². The number of hydrogen-bond donors (Lipinski definition) is 1. The lowest BCUT2D eigenvalue weighted by atomic mass is 9.98. The monoisotopic (exact) mass is 181 g/mol. The summed E-state index contributed by atoms with van der Waals surface area (Å²) in [5.41, 5.74) is 0. The van der Waals surface area contributed by atoms with E-state index in [1.54, 1.807) is 0 Å². The Kier molecular flexibility index (Phi) is 2.66. The molecule has 1 aliphatic heterocycles. The molecule has 0 bridgehead atoms. The summed E-state index contributed by atoms with van der Waals surface area (Å²) < 4.78 is 36.5. The lowest BCUT2D eigenvalue weighted by Gasteiger charge is -2.15. The Morgan fingerprint density at radius 1 is 1.33 bits per heavy atom. The third-order valence-electron chi connectivity index (χ3n) is 2.43. The molecule has 0 radical (unpaired) electrons. The number of rotatable bonds is 1. The van der Waals surface area contributed by atoms with Crippen molar-refractivity contribution in [3.05, 3.63) is 0 Å². The zero-order valence-electron chi connectivity index (χ0n) is 7.28. The average Bonchev–Trinajstić information content (AvgIpc) is 2.30. The Balaban J connectivity index is 2.46. The summed E-state index contributed by atoms with van der Waals surface area (Å²) in [5, 5.41) is 2.89. The van der Waals surface area contributed by atoms with Crippen LogP contribution in [-0.2, 0) is 0 Å². The molecule has 0 aromatic carbocycles. The van der Waals surface area contributed by atoms with Crippen molar-refractivity contribution in [1.82, 2.24) is 5.32 Å². The fourth-order valence-electron chi connectivity index (χ4n) is 1.52. The van der Waals surface area contributed by atoms with Gasteiger partial charge in [0.25, 0.3) is 0 Å². The minimum absolute atomic E-state index is 0.0385. The highest BCUT2D eigenvalue weighted by atomic mass is 19.4.